The van der Waals surface area contributed by atoms with Crippen molar-refractivity contribution >= 4 is 41.1 Å². The number of carbonyl (C=O) groups is 1. The standard InChI is InChI=1S/C4H6Cl2OS/c5-2-1-3(8)4(6)7/h3,8H,1-2H2. The maximum atomic E-state index is 10.2. The summed E-state index contributed by atoms with van der Waals surface area (Å²) in [6.45, 7) is 0. The molecule has 0 saturated carbocycles. The highest BCUT2D eigenvalue weighted by molar-refractivity contribution is 7.82. The van der Waals surface area contributed by atoms with Crippen LogP contribution in [-0.4, -0.2) is 16.4 Å². The maximum absolute atomic E-state index is 10.2. The van der Waals surface area contributed by atoms with Crippen molar-refractivity contribution in [3.05, 3.63) is 0 Å². The summed E-state index contributed by atoms with van der Waals surface area (Å²) in [6, 6.07) is 0. The lowest BCUT2D eigenvalue weighted by Gasteiger charge is -1.98. The Morgan fingerprint density at radius 1 is 1.75 bits per heavy atom. The second-order valence-corrected chi connectivity index (χ2v) is 2.67. The Bertz CT molecular complexity index is 86.1. The van der Waals surface area contributed by atoms with Gasteiger partial charge in [-0.1, -0.05) is 0 Å². The minimum absolute atomic E-state index is 0.394. The van der Waals surface area contributed by atoms with Crippen molar-refractivity contribution in [3.63, 3.8) is 0 Å². The molecule has 0 aromatic carbocycles. The Morgan fingerprint density at radius 3 is 2.38 bits per heavy atom. The van der Waals surface area contributed by atoms with Gasteiger partial charge >= 0.3 is 0 Å². The zero-order valence-electron chi connectivity index (χ0n) is 4.10. The highest BCUT2D eigenvalue weighted by Gasteiger charge is 2.08. The van der Waals surface area contributed by atoms with E-state index < -0.39 is 10.5 Å². The lowest BCUT2D eigenvalue weighted by atomic mass is 10.4. The van der Waals surface area contributed by atoms with Crippen molar-refractivity contribution in [2.45, 2.75) is 11.7 Å². The van der Waals surface area contributed by atoms with E-state index in [0.29, 0.717) is 12.3 Å². The van der Waals surface area contributed by atoms with Crippen molar-refractivity contribution in [2.24, 2.45) is 0 Å². The van der Waals surface area contributed by atoms with Gasteiger partial charge in [-0.25, -0.2) is 0 Å². The van der Waals surface area contributed by atoms with Crippen LogP contribution < -0.4 is 0 Å². The molecule has 0 rings (SSSR count). The number of hydrogen-bond acceptors (Lipinski definition) is 2. The number of thiol groups is 1. The van der Waals surface area contributed by atoms with E-state index in [9.17, 15) is 4.79 Å². The molecule has 0 saturated heterocycles. The summed E-state index contributed by atoms with van der Waals surface area (Å²) in [6.07, 6.45) is 0.535. The van der Waals surface area contributed by atoms with E-state index in [0.717, 1.165) is 0 Å². The smallest absolute Gasteiger partial charge is 0.234 e. The minimum atomic E-state index is -0.436. The Labute approximate surface area is 63.8 Å². The molecule has 0 aliphatic carbocycles. The lowest BCUT2D eigenvalue weighted by molar-refractivity contribution is -0.111. The van der Waals surface area contributed by atoms with Gasteiger partial charge < -0.3 is 0 Å². The van der Waals surface area contributed by atoms with Gasteiger partial charge in [0.25, 0.3) is 0 Å². The average molecular weight is 173 g/mol. The first-order valence-electron chi connectivity index (χ1n) is 2.12. The van der Waals surface area contributed by atoms with Crippen molar-refractivity contribution in [1.82, 2.24) is 0 Å². The van der Waals surface area contributed by atoms with Crippen LogP contribution in [0.15, 0.2) is 0 Å². The normalized spacial score (nSPS) is 13.4. The Balaban J connectivity index is 3.32. The molecule has 0 aliphatic heterocycles. The Morgan fingerprint density at radius 2 is 2.25 bits per heavy atom. The molecule has 8 heavy (non-hydrogen) atoms. The third kappa shape index (κ3) is 3.58. The molecule has 0 aromatic heterocycles. The fourth-order valence-corrected chi connectivity index (χ4v) is 0.825. The zero-order chi connectivity index (χ0) is 6.57. The van der Waals surface area contributed by atoms with Gasteiger partial charge in [-0.3, -0.25) is 4.79 Å². The Hall–Kier alpha value is 0.600. The van der Waals surface area contributed by atoms with E-state index in [1.165, 1.54) is 0 Å². The summed E-state index contributed by atoms with van der Waals surface area (Å²) in [5.41, 5.74) is 0. The third-order valence-corrected chi connectivity index (χ3v) is 1.77. The van der Waals surface area contributed by atoms with Crippen molar-refractivity contribution in [1.29, 1.82) is 0 Å². The van der Waals surface area contributed by atoms with Crippen LogP contribution in [0.3, 0.4) is 0 Å². The van der Waals surface area contributed by atoms with E-state index in [4.69, 9.17) is 23.2 Å². The highest BCUT2D eigenvalue weighted by atomic mass is 35.5. The molecule has 0 heterocycles. The summed E-state index contributed by atoms with van der Waals surface area (Å²) in [5, 5.41) is -0.830. The Kier molecular flexibility index (Phi) is 4.81. The van der Waals surface area contributed by atoms with Crippen LogP contribution in [0.5, 0.6) is 0 Å². The summed E-state index contributed by atoms with van der Waals surface area (Å²) in [7, 11) is 0. The van der Waals surface area contributed by atoms with Gasteiger partial charge in [0.2, 0.25) is 5.24 Å². The average Bonchev–Trinajstić information content (AvgIpc) is 1.67. The van der Waals surface area contributed by atoms with E-state index in [1.54, 1.807) is 0 Å². The molecule has 48 valence electrons. The molecule has 4 heteroatoms. The van der Waals surface area contributed by atoms with E-state index in [1.807, 2.05) is 0 Å². The van der Waals surface area contributed by atoms with Crippen LogP contribution in [0, 0.1) is 0 Å². The van der Waals surface area contributed by atoms with Crippen LogP contribution in [-0.2, 0) is 4.79 Å². The van der Waals surface area contributed by atoms with E-state index in [-0.39, 0.29) is 0 Å². The molecule has 0 radical (unpaired) electrons. The summed E-state index contributed by atoms with van der Waals surface area (Å²) in [4.78, 5) is 10.2. The molecular formula is C4H6Cl2OS. The number of carbonyl (C=O) groups excluding carboxylic acids is 1. The monoisotopic (exact) mass is 172 g/mol. The predicted molar refractivity (Wildman–Crippen MR) is 39.0 cm³/mol. The summed E-state index contributed by atoms with van der Waals surface area (Å²) < 4.78 is 0. The largest absolute Gasteiger partial charge is 0.280 e. The molecule has 1 unspecified atom stereocenters. The molecule has 0 N–H and O–H groups in total. The van der Waals surface area contributed by atoms with Gasteiger partial charge in [-0.15, -0.1) is 11.6 Å². The molecule has 0 aliphatic rings. The van der Waals surface area contributed by atoms with Crippen molar-refractivity contribution in [3.8, 4) is 0 Å². The van der Waals surface area contributed by atoms with Gasteiger partial charge in [0, 0.05) is 5.88 Å². The summed E-state index contributed by atoms with van der Waals surface area (Å²) >= 11 is 14.2. The molecule has 0 aromatic rings. The van der Waals surface area contributed by atoms with Crippen LogP contribution in [0.2, 0.25) is 0 Å². The van der Waals surface area contributed by atoms with Crippen molar-refractivity contribution in [2.75, 3.05) is 5.88 Å². The topological polar surface area (TPSA) is 17.1 Å². The molecule has 0 spiro atoms. The van der Waals surface area contributed by atoms with Gasteiger partial charge in [0.15, 0.2) is 0 Å². The van der Waals surface area contributed by atoms with Gasteiger partial charge in [0.05, 0.1) is 5.25 Å². The second-order valence-electron chi connectivity index (χ2n) is 1.30. The third-order valence-electron chi connectivity index (χ3n) is 0.645. The molecule has 0 fully saturated rings. The van der Waals surface area contributed by atoms with Crippen molar-refractivity contribution < 1.29 is 4.79 Å². The fraction of sp³-hybridized carbons (Fsp3) is 0.750. The minimum Gasteiger partial charge on any atom is -0.280 e. The fourth-order valence-electron chi connectivity index (χ4n) is 0.217. The quantitative estimate of drug-likeness (QED) is 0.390. The van der Waals surface area contributed by atoms with Crippen LogP contribution in [0.25, 0.3) is 0 Å². The molecule has 1 nitrogen and oxygen atoms in total. The van der Waals surface area contributed by atoms with E-state index in [2.05, 4.69) is 12.6 Å². The second kappa shape index (κ2) is 4.48. The van der Waals surface area contributed by atoms with Crippen LogP contribution >= 0.6 is 35.8 Å². The molecule has 0 bridgehead atoms. The van der Waals surface area contributed by atoms with Crippen LogP contribution in [0.4, 0.5) is 0 Å². The number of rotatable bonds is 3. The lowest BCUT2D eigenvalue weighted by Crippen LogP contribution is -2.07. The maximum Gasteiger partial charge on any atom is 0.234 e. The zero-order valence-corrected chi connectivity index (χ0v) is 6.51. The first-order valence-corrected chi connectivity index (χ1v) is 3.54. The highest BCUT2D eigenvalue weighted by Crippen LogP contribution is 2.05. The summed E-state index contributed by atoms with van der Waals surface area (Å²) in [5.74, 6) is 0.423. The predicted octanol–water partition coefficient (Wildman–Crippen LogP) is 1.68. The first kappa shape index (κ1) is 8.60. The van der Waals surface area contributed by atoms with Crippen LogP contribution in [0.1, 0.15) is 6.42 Å². The number of halogens is 2. The van der Waals surface area contributed by atoms with Gasteiger partial charge in [0.1, 0.15) is 0 Å². The number of alkyl halides is 1. The van der Waals surface area contributed by atoms with Gasteiger partial charge in [-0.2, -0.15) is 12.6 Å². The molecule has 0 amide bonds. The molecular weight excluding hydrogens is 167 g/mol. The molecule has 1 atom stereocenters. The SMILES string of the molecule is O=C(Cl)C(S)CCCl. The first-order chi connectivity index (χ1) is 3.68. The van der Waals surface area contributed by atoms with E-state index >= 15 is 0 Å². The number of hydrogen-bond donors (Lipinski definition) is 1. The van der Waals surface area contributed by atoms with Gasteiger partial charge in [-0.05, 0) is 18.0 Å².